The molecule has 1 aliphatic rings. The first kappa shape index (κ1) is 13.0. The summed E-state index contributed by atoms with van der Waals surface area (Å²) in [5.41, 5.74) is 0. The Labute approximate surface area is 112 Å². The molecular weight excluding hydrogens is 193 g/mol. The normalized spacial score (nSPS) is 29.2. The number of rotatable bonds is 1. The zero-order chi connectivity index (χ0) is 8.48. The minimum atomic E-state index is -4.78. The van der Waals surface area contributed by atoms with Crippen LogP contribution in [-0.2, 0) is 0 Å². The average Bonchev–Trinajstić information content (AvgIpc) is 2.31. The Morgan fingerprint density at radius 3 is 2.17 bits per heavy atom. The predicted molar refractivity (Wildman–Crippen MR) is 35.8 cm³/mol. The molecule has 0 bridgehead atoms. The second kappa shape index (κ2) is 5.01. The molecule has 0 radical (unpaired) electrons. The Bertz CT molecular complexity index is 188. The summed E-state index contributed by atoms with van der Waals surface area (Å²) in [6.45, 7) is -4.78. The van der Waals surface area contributed by atoms with E-state index in [1.807, 2.05) is 0 Å². The third-order valence-electron chi connectivity index (χ3n) is 2.22. The smallest absolute Gasteiger partial charge is 0.449 e. The topological polar surface area (TPSA) is 23.8 Å². The Hall–Kier alpha value is 0.981. The molecule has 0 saturated heterocycles. The zero-order valence-corrected chi connectivity index (χ0v) is 10.1. The van der Waals surface area contributed by atoms with Crippen molar-refractivity contribution in [3.05, 3.63) is 0 Å². The van der Waals surface area contributed by atoms with E-state index in [4.69, 9.17) is 5.26 Å². The van der Waals surface area contributed by atoms with Gasteiger partial charge in [0.15, 0.2) is 0 Å². The zero-order valence-electron chi connectivity index (χ0n) is 6.93. The van der Waals surface area contributed by atoms with E-state index in [9.17, 15) is 12.9 Å². The van der Waals surface area contributed by atoms with E-state index in [1.54, 1.807) is 6.07 Å². The van der Waals surface area contributed by atoms with Crippen LogP contribution < -0.4 is 51.4 Å². The summed E-state index contributed by atoms with van der Waals surface area (Å²) in [5.74, 6) is -2.07. The number of nitriles is 1. The van der Waals surface area contributed by atoms with E-state index < -0.39 is 18.7 Å². The molecule has 0 aromatic rings. The van der Waals surface area contributed by atoms with E-state index in [0.29, 0.717) is 12.8 Å². The van der Waals surface area contributed by atoms with Crippen LogP contribution in [0.1, 0.15) is 19.3 Å². The van der Waals surface area contributed by atoms with Crippen LogP contribution in [0.5, 0.6) is 0 Å². The van der Waals surface area contributed by atoms with Crippen LogP contribution >= 0.6 is 0 Å². The Morgan fingerprint density at radius 1 is 1.25 bits per heavy atom. The van der Waals surface area contributed by atoms with Gasteiger partial charge in [0.2, 0.25) is 0 Å². The van der Waals surface area contributed by atoms with Gasteiger partial charge < -0.3 is 12.9 Å². The molecule has 6 heteroatoms. The van der Waals surface area contributed by atoms with Gasteiger partial charge in [-0.1, -0.05) is 18.7 Å². The molecule has 12 heavy (non-hydrogen) atoms. The van der Waals surface area contributed by atoms with Gasteiger partial charge in [0.1, 0.15) is 0 Å². The molecule has 1 nitrogen and oxygen atoms in total. The maximum atomic E-state index is 12.1. The molecule has 62 valence electrons. The first-order valence-electron chi connectivity index (χ1n) is 3.65. The molecule has 0 N–H and O–H groups in total. The predicted octanol–water partition coefficient (Wildman–Crippen LogP) is -0.468. The number of nitrogens with zero attached hydrogens (tertiary/aromatic N) is 1. The van der Waals surface area contributed by atoms with Gasteiger partial charge in [-0.05, 0) is 6.42 Å². The maximum absolute atomic E-state index is 12.1. The molecule has 1 saturated carbocycles. The van der Waals surface area contributed by atoms with Crippen molar-refractivity contribution in [3.8, 4) is 6.07 Å². The van der Waals surface area contributed by atoms with Crippen molar-refractivity contribution in [2.24, 2.45) is 5.92 Å². The largest absolute Gasteiger partial charge is 1.00 e. The maximum Gasteiger partial charge on any atom is 1.00 e. The van der Waals surface area contributed by atoms with Gasteiger partial charge in [0.05, 0.1) is 6.07 Å². The van der Waals surface area contributed by atoms with Crippen LogP contribution in [0.15, 0.2) is 0 Å². The molecule has 2 unspecified atom stereocenters. The first-order valence-corrected chi connectivity index (χ1v) is 3.65. The summed E-state index contributed by atoms with van der Waals surface area (Å²) in [7, 11) is 0. The molecule has 0 aliphatic heterocycles. The van der Waals surface area contributed by atoms with Gasteiger partial charge in [-0.2, -0.15) is 5.26 Å². The van der Waals surface area contributed by atoms with Crippen molar-refractivity contribution in [2.45, 2.75) is 25.1 Å². The Kier molecular flexibility index (Phi) is 5.42. The molecule has 0 aromatic heterocycles. The first-order chi connectivity index (χ1) is 5.05. The minimum absolute atomic E-state index is 0. The van der Waals surface area contributed by atoms with Crippen LogP contribution in [0.3, 0.4) is 0 Å². The van der Waals surface area contributed by atoms with Gasteiger partial charge in [-0.15, -0.1) is 0 Å². The van der Waals surface area contributed by atoms with Crippen molar-refractivity contribution in [1.82, 2.24) is 0 Å². The van der Waals surface area contributed by atoms with Gasteiger partial charge >= 0.3 is 58.4 Å². The monoisotopic (exact) mass is 201 g/mol. The average molecular weight is 201 g/mol. The molecule has 1 rings (SSSR count). The summed E-state index contributed by atoms with van der Waals surface area (Å²) in [6.07, 6.45) is 1.12. The fourth-order valence-electron chi connectivity index (χ4n) is 1.60. The van der Waals surface area contributed by atoms with Gasteiger partial charge in [-0.3, -0.25) is 0 Å². The van der Waals surface area contributed by atoms with Gasteiger partial charge in [0.25, 0.3) is 0 Å². The molecular formula is C6H8BF3KN. The molecule has 1 aliphatic carbocycles. The third-order valence-corrected chi connectivity index (χ3v) is 2.22. The second-order valence-electron chi connectivity index (χ2n) is 2.96. The molecule has 0 spiro atoms. The van der Waals surface area contributed by atoms with Crippen molar-refractivity contribution in [1.29, 1.82) is 5.26 Å². The van der Waals surface area contributed by atoms with E-state index in [0.717, 1.165) is 0 Å². The number of hydrogen-bond donors (Lipinski definition) is 0. The quantitative estimate of drug-likeness (QED) is 0.526. The second-order valence-corrected chi connectivity index (χ2v) is 2.96. The van der Waals surface area contributed by atoms with Gasteiger partial charge in [0, 0.05) is 5.92 Å². The van der Waals surface area contributed by atoms with Crippen LogP contribution in [0.25, 0.3) is 0 Å². The fraction of sp³-hybridized carbons (Fsp3) is 0.833. The third kappa shape index (κ3) is 3.04. The van der Waals surface area contributed by atoms with E-state index in [1.165, 1.54) is 0 Å². The van der Waals surface area contributed by atoms with Crippen molar-refractivity contribution >= 4 is 6.98 Å². The summed E-state index contributed by atoms with van der Waals surface area (Å²) < 4.78 is 36.3. The summed E-state index contributed by atoms with van der Waals surface area (Å²) in [4.78, 5) is 0. The van der Waals surface area contributed by atoms with E-state index >= 15 is 0 Å². The van der Waals surface area contributed by atoms with E-state index in [-0.39, 0.29) is 57.8 Å². The molecule has 1 fully saturated rings. The molecule has 0 aromatic carbocycles. The van der Waals surface area contributed by atoms with Crippen molar-refractivity contribution in [3.63, 3.8) is 0 Å². The number of hydrogen-bond acceptors (Lipinski definition) is 1. The van der Waals surface area contributed by atoms with Crippen LogP contribution in [0.2, 0.25) is 5.82 Å². The SMILES string of the molecule is N#CC1CCCC1[B-](F)(F)F.[K+]. The number of halogens is 3. The summed E-state index contributed by atoms with van der Waals surface area (Å²) >= 11 is 0. The standard InChI is InChI=1S/C6H8BF3N.K/c8-7(9,10)6-3-1-2-5(6)4-11;/h5-6H,1-3H2;/q-1;+1. The Morgan fingerprint density at radius 2 is 1.83 bits per heavy atom. The molecule has 0 amide bonds. The van der Waals surface area contributed by atoms with Crippen LogP contribution in [0.4, 0.5) is 12.9 Å². The minimum Gasteiger partial charge on any atom is -0.449 e. The Balaban J connectivity index is 0.00000121. The van der Waals surface area contributed by atoms with Crippen LogP contribution in [-0.4, -0.2) is 6.98 Å². The van der Waals surface area contributed by atoms with Crippen molar-refractivity contribution < 1.29 is 64.3 Å². The summed E-state index contributed by atoms with van der Waals surface area (Å²) in [6, 6.07) is 1.72. The molecule has 2 atom stereocenters. The van der Waals surface area contributed by atoms with E-state index in [2.05, 4.69) is 0 Å². The van der Waals surface area contributed by atoms with Crippen molar-refractivity contribution in [2.75, 3.05) is 0 Å². The molecule has 0 heterocycles. The summed E-state index contributed by atoms with van der Waals surface area (Å²) in [5, 5.41) is 8.36. The fourth-order valence-corrected chi connectivity index (χ4v) is 1.60. The van der Waals surface area contributed by atoms with Crippen LogP contribution in [0, 0.1) is 17.2 Å². The van der Waals surface area contributed by atoms with Gasteiger partial charge in [-0.25, -0.2) is 0 Å².